The van der Waals surface area contributed by atoms with Gasteiger partial charge in [-0.2, -0.15) is 5.10 Å². The van der Waals surface area contributed by atoms with Crippen LogP contribution in [0.5, 0.6) is 0 Å². The van der Waals surface area contributed by atoms with E-state index in [2.05, 4.69) is 5.10 Å². The molecule has 0 aliphatic heterocycles. The molecule has 6 nitrogen and oxygen atoms in total. The molecule has 0 saturated carbocycles. The van der Waals surface area contributed by atoms with E-state index in [0.29, 0.717) is 12.3 Å². The van der Waals surface area contributed by atoms with Crippen LogP contribution in [0, 0.1) is 6.92 Å². The molecule has 6 heteroatoms. The van der Waals surface area contributed by atoms with Crippen molar-refractivity contribution in [3.8, 4) is 0 Å². The third kappa shape index (κ3) is 1.96. The molecule has 0 radical (unpaired) electrons. The zero-order valence-electron chi connectivity index (χ0n) is 8.80. The number of hydrogen-bond donors (Lipinski definition) is 2. The van der Waals surface area contributed by atoms with Crippen molar-refractivity contribution in [3.63, 3.8) is 0 Å². The summed E-state index contributed by atoms with van der Waals surface area (Å²) in [6, 6.07) is 3.62. The van der Waals surface area contributed by atoms with Crippen molar-refractivity contribution in [1.82, 2.24) is 15.2 Å². The summed E-state index contributed by atoms with van der Waals surface area (Å²) in [5.74, 6) is 5.52. The Morgan fingerprint density at radius 1 is 1.69 bits per heavy atom. The summed E-state index contributed by atoms with van der Waals surface area (Å²) in [4.78, 5) is 11.3. The predicted octanol–water partition coefficient (Wildman–Crippen LogP) is 0.436. The van der Waals surface area contributed by atoms with Crippen LogP contribution >= 0.6 is 0 Å². The maximum Gasteiger partial charge on any atom is 0.301 e. The Morgan fingerprint density at radius 3 is 3.12 bits per heavy atom. The molecular formula is C10H12N4O2. The van der Waals surface area contributed by atoms with Gasteiger partial charge in [-0.05, 0) is 19.1 Å². The summed E-state index contributed by atoms with van der Waals surface area (Å²) < 4.78 is 7.10. The molecule has 2 rings (SSSR count). The van der Waals surface area contributed by atoms with Crippen LogP contribution in [0.15, 0.2) is 28.9 Å². The van der Waals surface area contributed by atoms with E-state index in [1.54, 1.807) is 23.9 Å². The first-order chi connectivity index (χ1) is 7.70. The van der Waals surface area contributed by atoms with E-state index < -0.39 is 5.91 Å². The third-order valence-electron chi connectivity index (χ3n) is 2.18. The first kappa shape index (κ1) is 10.4. The van der Waals surface area contributed by atoms with Crippen LogP contribution in [-0.2, 0) is 6.54 Å². The highest BCUT2D eigenvalue weighted by atomic mass is 16.4. The number of carbonyl (C=O) groups is 1. The van der Waals surface area contributed by atoms with Crippen molar-refractivity contribution in [2.45, 2.75) is 13.5 Å². The number of hydrazine groups is 1. The van der Waals surface area contributed by atoms with E-state index in [4.69, 9.17) is 10.3 Å². The van der Waals surface area contributed by atoms with Crippen molar-refractivity contribution in [3.05, 3.63) is 41.6 Å². The minimum Gasteiger partial charge on any atom is -0.454 e. The highest BCUT2D eigenvalue weighted by Gasteiger charge is 2.14. The minimum absolute atomic E-state index is 0.240. The van der Waals surface area contributed by atoms with Crippen molar-refractivity contribution >= 4 is 5.91 Å². The highest BCUT2D eigenvalue weighted by Crippen LogP contribution is 2.15. The molecule has 0 atom stereocenters. The van der Waals surface area contributed by atoms with Crippen LogP contribution in [0.1, 0.15) is 21.9 Å². The largest absolute Gasteiger partial charge is 0.454 e. The molecule has 0 spiro atoms. The lowest BCUT2D eigenvalue weighted by atomic mass is 10.2. The van der Waals surface area contributed by atoms with Gasteiger partial charge in [-0.1, -0.05) is 0 Å². The van der Waals surface area contributed by atoms with E-state index in [-0.39, 0.29) is 5.76 Å². The summed E-state index contributed by atoms with van der Waals surface area (Å²) in [6.07, 6.45) is 3.50. The smallest absolute Gasteiger partial charge is 0.301 e. The molecule has 2 aromatic rings. The topological polar surface area (TPSA) is 86.1 Å². The molecule has 0 saturated heterocycles. The molecule has 1 amide bonds. The van der Waals surface area contributed by atoms with Gasteiger partial charge in [0.15, 0.2) is 5.76 Å². The van der Waals surface area contributed by atoms with Crippen LogP contribution in [-0.4, -0.2) is 15.7 Å². The Bertz CT molecular complexity index is 487. The Kier molecular flexibility index (Phi) is 2.74. The van der Waals surface area contributed by atoms with Gasteiger partial charge in [-0.25, -0.2) is 5.84 Å². The van der Waals surface area contributed by atoms with E-state index in [1.165, 1.54) is 0 Å². The van der Waals surface area contributed by atoms with Crippen molar-refractivity contribution in [2.24, 2.45) is 5.84 Å². The van der Waals surface area contributed by atoms with Crippen LogP contribution in [0.25, 0.3) is 0 Å². The summed E-state index contributed by atoms with van der Waals surface area (Å²) in [5, 5.41) is 4.05. The molecule has 0 aliphatic carbocycles. The van der Waals surface area contributed by atoms with Crippen molar-refractivity contribution in [2.75, 3.05) is 0 Å². The monoisotopic (exact) mass is 220 g/mol. The predicted molar refractivity (Wildman–Crippen MR) is 56.4 cm³/mol. The van der Waals surface area contributed by atoms with Gasteiger partial charge < -0.3 is 4.42 Å². The number of aromatic nitrogens is 2. The molecule has 0 aromatic carbocycles. The maximum atomic E-state index is 11.3. The van der Waals surface area contributed by atoms with Gasteiger partial charge in [0, 0.05) is 18.0 Å². The number of hydrogen-bond acceptors (Lipinski definition) is 4. The zero-order valence-corrected chi connectivity index (χ0v) is 8.80. The van der Waals surface area contributed by atoms with E-state index >= 15 is 0 Å². The maximum absolute atomic E-state index is 11.3. The fourth-order valence-electron chi connectivity index (χ4n) is 1.47. The van der Waals surface area contributed by atoms with E-state index in [0.717, 1.165) is 5.56 Å². The number of aryl methyl sites for hydroxylation is 1. The van der Waals surface area contributed by atoms with Gasteiger partial charge >= 0.3 is 5.91 Å². The number of carbonyl (C=O) groups excluding carboxylic acids is 1. The van der Waals surface area contributed by atoms with E-state index in [1.807, 2.05) is 17.7 Å². The van der Waals surface area contributed by atoms with Crippen LogP contribution in [0.3, 0.4) is 0 Å². The molecule has 3 N–H and O–H groups in total. The average molecular weight is 220 g/mol. The molecular weight excluding hydrogens is 208 g/mol. The van der Waals surface area contributed by atoms with Gasteiger partial charge in [-0.15, -0.1) is 0 Å². The number of nitrogens with two attached hydrogens (primary N) is 1. The number of nitrogen functional groups attached to an aromatic ring is 1. The summed E-state index contributed by atoms with van der Waals surface area (Å²) in [7, 11) is 0. The highest BCUT2D eigenvalue weighted by molar-refractivity contribution is 5.92. The second-order valence-electron chi connectivity index (χ2n) is 3.40. The standard InChI is InChI=1S/C10H12N4O2/c1-7-5-8(6-14-4-2-3-12-14)16-9(7)10(15)13-11/h2-5H,6,11H2,1H3,(H,13,15). The molecule has 2 heterocycles. The molecule has 0 unspecified atom stereocenters. The number of furan rings is 1. The van der Waals surface area contributed by atoms with Gasteiger partial charge in [0.1, 0.15) is 5.76 Å². The molecule has 16 heavy (non-hydrogen) atoms. The Hall–Kier alpha value is -2.08. The molecule has 0 bridgehead atoms. The van der Waals surface area contributed by atoms with Gasteiger partial charge in [0.05, 0.1) is 6.54 Å². The van der Waals surface area contributed by atoms with E-state index in [9.17, 15) is 4.79 Å². The first-order valence-corrected chi connectivity index (χ1v) is 4.78. The Labute approximate surface area is 92.0 Å². The summed E-state index contributed by atoms with van der Waals surface area (Å²) in [6.45, 7) is 2.28. The second kappa shape index (κ2) is 4.19. The number of rotatable bonds is 3. The quantitative estimate of drug-likeness (QED) is 0.446. The van der Waals surface area contributed by atoms with Crippen LogP contribution < -0.4 is 11.3 Å². The molecule has 0 fully saturated rings. The number of amides is 1. The van der Waals surface area contributed by atoms with Gasteiger partial charge in [-0.3, -0.25) is 14.9 Å². The first-order valence-electron chi connectivity index (χ1n) is 4.78. The van der Waals surface area contributed by atoms with Crippen molar-refractivity contribution in [1.29, 1.82) is 0 Å². The normalized spacial score (nSPS) is 10.4. The fraction of sp³-hybridized carbons (Fsp3) is 0.200. The number of nitrogens with zero attached hydrogens (tertiary/aromatic N) is 2. The average Bonchev–Trinajstić information content (AvgIpc) is 2.88. The SMILES string of the molecule is Cc1cc(Cn2cccn2)oc1C(=O)NN. The Morgan fingerprint density at radius 2 is 2.50 bits per heavy atom. The fourth-order valence-corrected chi connectivity index (χ4v) is 1.47. The summed E-state index contributed by atoms with van der Waals surface area (Å²) in [5.41, 5.74) is 2.79. The lowest BCUT2D eigenvalue weighted by molar-refractivity contribution is 0.0923. The lowest BCUT2D eigenvalue weighted by Gasteiger charge is -1.97. The molecule has 84 valence electrons. The second-order valence-corrected chi connectivity index (χ2v) is 3.40. The molecule has 2 aromatic heterocycles. The van der Waals surface area contributed by atoms with Crippen molar-refractivity contribution < 1.29 is 9.21 Å². The van der Waals surface area contributed by atoms with Crippen LogP contribution in [0.2, 0.25) is 0 Å². The third-order valence-corrected chi connectivity index (χ3v) is 2.18. The van der Waals surface area contributed by atoms with Gasteiger partial charge in [0.2, 0.25) is 0 Å². The van der Waals surface area contributed by atoms with Crippen LogP contribution in [0.4, 0.5) is 0 Å². The summed E-state index contributed by atoms with van der Waals surface area (Å²) >= 11 is 0. The Balaban J connectivity index is 2.21. The lowest BCUT2D eigenvalue weighted by Crippen LogP contribution is -2.30. The minimum atomic E-state index is -0.427. The zero-order chi connectivity index (χ0) is 11.5. The van der Waals surface area contributed by atoms with Gasteiger partial charge in [0.25, 0.3) is 0 Å². The number of nitrogens with one attached hydrogen (secondary N) is 1. The molecule has 0 aliphatic rings.